The summed E-state index contributed by atoms with van der Waals surface area (Å²) < 4.78 is 0. The van der Waals surface area contributed by atoms with Gasteiger partial charge in [-0.25, -0.2) is 0 Å². The van der Waals surface area contributed by atoms with E-state index >= 15 is 0 Å². The Balaban J connectivity index is 1.52. The van der Waals surface area contributed by atoms with Crippen LogP contribution < -0.4 is 0 Å². The standard InChI is InChI=1S/C19H29NO3/c21-16-10-11-20(13-16)17-7-2-1-5-15(17)6-3-4-14-8-9-18(22)19(23)12-14/h8-9,12,15-17,21-23H,1-7,10-11,13H2/t15?,16-,17-/m1/s1. The maximum atomic E-state index is 9.80. The van der Waals surface area contributed by atoms with Crippen LogP contribution in [-0.2, 0) is 6.42 Å². The Hall–Kier alpha value is -1.26. The molecule has 1 saturated heterocycles. The lowest BCUT2D eigenvalue weighted by Gasteiger charge is -2.38. The maximum Gasteiger partial charge on any atom is 0.157 e. The Morgan fingerprint density at radius 3 is 2.61 bits per heavy atom. The first kappa shape index (κ1) is 16.6. The number of phenolic OH excluding ortho intramolecular Hbond substituents is 2. The Morgan fingerprint density at radius 1 is 1.04 bits per heavy atom. The van der Waals surface area contributed by atoms with E-state index in [0.717, 1.165) is 43.8 Å². The molecular weight excluding hydrogens is 290 g/mol. The Bertz CT molecular complexity index is 519. The number of benzene rings is 1. The van der Waals surface area contributed by atoms with E-state index < -0.39 is 0 Å². The van der Waals surface area contributed by atoms with Crippen molar-refractivity contribution in [1.29, 1.82) is 0 Å². The molecule has 3 atom stereocenters. The van der Waals surface area contributed by atoms with Crippen molar-refractivity contribution in [3.05, 3.63) is 23.8 Å². The SMILES string of the molecule is Oc1ccc(CCCC2CCCC[C@H]2N2CC[C@@H](O)C2)cc1O. The predicted octanol–water partition coefficient (Wildman–Crippen LogP) is 3.05. The smallest absolute Gasteiger partial charge is 0.157 e. The predicted molar refractivity (Wildman–Crippen MR) is 90.7 cm³/mol. The molecule has 0 aromatic heterocycles. The van der Waals surface area contributed by atoms with E-state index in [1.807, 2.05) is 6.07 Å². The minimum Gasteiger partial charge on any atom is -0.504 e. The van der Waals surface area contributed by atoms with Gasteiger partial charge in [-0.3, -0.25) is 4.90 Å². The van der Waals surface area contributed by atoms with Crippen molar-refractivity contribution >= 4 is 0 Å². The number of phenols is 2. The fraction of sp³-hybridized carbons (Fsp3) is 0.684. The van der Waals surface area contributed by atoms with E-state index in [1.165, 1.54) is 32.1 Å². The average Bonchev–Trinajstić information content (AvgIpc) is 2.98. The number of β-amino-alcohol motifs (C(OH)–C–C–N with tert-alkyl or cyclic N) is 1. The molecule has 1 aliphatic heterocycles. The molecule has 2 aliphatic rings. The number of aromatic hydroxyl groups is 2. The van der Waals surface area contributed by atoms with Gasteiger partial charge >= 0.3 is 0 Å². The van der Waals surface area contributed by atoms with Crippen LogP contribution in [0.15, 0.2) is 18.2 Å². The van der Waals surface area contributed by atoms with Crippen LogP contribution in [0.1, 0.15) is 50.5 Å². The summed E-state index contributed by atoms with van der Waals surface area (Å²) in [4.78, 5) is 2.51. The normalized spacial score (nSPS) is 29.0. The van der Waals surface area contributed by atoms with Crippen LogP contribution in [0.25, 0.3) is 0 Å². The molecule has 0 spiro atoms. The third-order valence-electron chi connectivity index (χ3n) is 5.61. The highest BCUT2D eigenvalue weighted by atomic mass is 16.3. The summed E-state index contributed by atoms with van der Waals surface area (Å²) in [6, 6.07) is 5.78. The molecule has 4 nitrogen and oxygen atoms in total. The molecule has 0 bridgehead atoms. The second kappa shape index (κ2) is 7.54. The van der Waals surface area contributed by atoms with Crippen molar-refractivity contribution in [2.75, 3.05) is 13.1 Å². The first-order valence-corrected chi connectivity index (χ1v) is 9.06. The van der Waals surface area contributed by atoms with Crippen molar-refractivity contribution in [3.8, 4) is 11.5 Å². The van der Waals surface area contributed by atoms with E-state index in [9.17, 15) is 15.3 Å². The second-order valence-electron chi connectivity index (χ2n) is 7.26. The summed E-state index contributed by atoms with van der Waals surface area (Å²) in [6.45, 7) is 1.90. The van der Waals surface area contributed by atoms with E-state index in [-0.39, 0.29) is 17.6 Å². The molecule has 23 heavy (non-hydrogen) atoms. The molecule has 3 rings (SSSR count). The Kier molecular flexibility index (Phi) is 5.44. The lowest BCUT2D eigenvalue weighted by molar-refractivity contribution is 0.100. The highest BCUT2D eigenvalue weighted by molar-refractivity contribution is 5.40. The molecule has 1 aromatic rings. The molecular formula is C19H29NO3. The molecule has 1 saturated carbocycles. The first-order valence-electron chi connectivity index (χ1n) is 9.06. The summed E-state index contributed by atoms with van der Waals surface area (Å²) in [7, 11) is 0. The van der Waals surface area contributed by atoms with Gasteiger partial charge in [0.05, 0.1) is 6.10 Å². The molecule has 2 fully saturated rings. The number of rotatable bonds is 5. The van der Waals surface area contributed by atoms with Gasteiger partial charge in [-0.2, -0.15) is 0 Å². The summed E-state index contributed by atoms with van der Waals surface area (Å²) in [5.74, 6) is 0.664. The van der Waals surface area contributed by atoms with E-state index in [2.05, 4.69) is 4.90 Å². The van der Waals surface area contributed by atoms with Gasteiger partial charge in [-0.05, 0) is 62.1 Å². The number of likely N-dealkylation sites (tertiary alicyclic amines) is 1. The quantitative estimate of drug-likeness (QED) is 0.730. The third kappa shape index (κ3) is 4.18. The van der Waals surface area contributed by atoms with Crippen molar-refractivity contribution in [2.45, 2.75) is 63.5 Å². The van der Waals surface area contributed by atoms with Crippen LogP contribution in [0.5, 0.6) is 11.5 Å². The minimum absolute atomic E-state index is 0.0240. The highest BCUT2D eigenvalue weighted by Gasteiger charge is 2.33. The van der Waals surface area contributed by atoms with Crippen molar-refractivity contribution in [3.63, 3.8) is 0 Å². The number of aryl methyl sites for hydroxylation is 1. The number of nitrogens with zero attached hydrogens (tertiary/aromatic N) is 1. The summed E-state index contributed by atoms with van der Waals surface area (Å²) in [5, 5.41) is 28.8. The zero-order valence-electron chi connectivity index (χ0n) is 13.8. The first-order chi connectivity index (χ1) is 11.1. The van der Waals surface area contributed by atoms with Crippen LogP contribution in [0.3, 0.4) is 0 Å². The highest BCUT2D eigenvalue weighted by Crippen LogP contribution is 2.34. The molecule has 1 heterocycles. The molecule has 0 amide bonds. The number of hydrogen-bond donors (Lipinski definition) is 3. The van der Waals surface area contributed by atoms with Gasteiger partial charge in [0.2, 0.25) is 0 Å². The van der Waals surface area contributed by atoms with Crippen LogP contribution in [0.2, 0.25) is 0 Å². The molecule has 1 aliphatic carbocycles. The zero-order chi connectivity index (χ0) is 16.2. The van der Waals surface area contributed by atoms with E-state index in [0.29, 0.717) is 6.04 Å². The van der Waals surface area contributed by atoms with Crippen LogP contribution in [0, 0.1) is 5.92 Å². The Morgan fingerprint density at radius 2 is 1.87 bits per heavy atom. The fourth-order valence-corrected chi connectivity index (χ4v) is 4.37. The largest absolute Gasteiger partial charge is 0.504 e. The second-order valence-corrected chi connectivity index (χ2v) is 7.26. The molecule has 128 valence electrons. The summed E-state index contributed by atoms with van der Waals surface area (Å²) >= 11 is 0. The number of aliphatic hydroxyl groups is 1. The van der Waals surface area contributed by atoms with Crippen molar-refractivity contribution < 1.29 is 15.3 Å². The van der Waals surface area contributed by atoms with Gasteiger partial charge in [-0.1, -0.05) is 18.9 Å². The molecule has 1 unspecified atom stereocenters. The fourth-order valence-electron chi connectivity index (χ4n) is 4.37. The van der Waals surface area contributed by atoms with Gasteiger partial charge in [0.1, 0.15) is 0 Å². The molecule has 0 radical (unpaired) electrons. The zero-order valence-corrected chi connectivity index (χ0v) is 13.8. The van der Waals surface area contributed by atoms with Gasteiger partial charge in [0, 0.05) is 19.1 Å². The van der Waals surface area contributed by atoms with Crippen LogP contribution in [0.4, 0.5) is 0 Å². The van der Waals surface area contributed by atoms with Crippen LogP contribution >= 0.6 is 0 Å². The number of hydrogen-bond acceptors (Lipinski definition) is 4. The van der Waals surface area contributed by atoms with Crippen molar-refractivity contribution in [1.82, 2.24) is 4.90 Å². The summed E-state index contributed by atoms with van der Waals surface area (Å²) in [6.07, 6.45) is 9.29. The molecule has 4 heteroatoms. The lowest BCUT2D eigenvalue weighted by atomic mass is 9.80. The Labute approximate surface area is 138 Å². The molecule has 3 N–H and O–H groups in total. The van der Waals surface area contributed by atoms with Gasteiger partial charge in [-0.15, -0.1) is 0 Å². The lowest BCUT2D eigenvalue weighted by Crippen LogP contribution is -2.41. The van der Waals surface area contributed by atoms with E-state index in [1.54, 1.807) is 12.1 Å². The van der Waals surface area contributed by atoms with Crippen molar-refractivity contribution in [2.24, 2.45) is 5.92 Å². The minimum atomic E-state index is -0.127. The van der Waals surface area contributed by atoms with Gasteiger partial charge in [0.25, 0.3) is 0 Å². The number of aliphatic hydroxyl groups excluding tert-OH is 1. The molecule has 1 aromatic carbocycles. The van der Waals surface area contributed by atoms with Gasteiger partial charge in [0.15, 0.2) is 11.5 Å². The monoisotopic (exact) mass is 319 g/mol. The topological polar surface area (TPSA) is 63.9 Å². The maximum absolute atomic E-state index is 9.80. The van der Waals surface area contributed by atoms with E-state index in [4.69, 9.17) is 0 Å². The van der Waals surface area contributed by atoms with Gasteiger partial charge < -0.3 is 15.3 Å². The summed E-state index contributed by atoms with van der Waals surface area (Å²) in [5.41, 5.74) is 1.09. The van der Waals surface area contributed by atoms with Crippen LogP contribution in [-0.4, -0.2) is 45.5 Å². The third-order valence-corrected chi connectivity index (χ3v) is 5.61. The average molecular weight is 319 g/mol.